The second-order valence-electron chi connectivity index (χ2n) is 6.68. The molecule has 2 rings (SSSR count). The number of carbonyl (C=O) groups is 2. The third-order valence-corrected chi connectivity index (χ3v) is 4.25. The van der Waals surface area contributed by atoms with Crippen molar-refractivity contribution < 1.29 is 24.2 Å². The van der Waals surface area contributed by atoms with Gasteiger partial charge in [0, 0.05) is 11.4 Å². The van der Waals surface area contributed by atoms with Gasteiger partial charge < -0.3 is 15.5 Å². The predicted octanol–water partition coefficient (Wildman–Crippen LogP) is 3.50. The van der Waals surface area contributed by atoms with Gasteiger partial charge in [-0.05, 0) is 29.5 Å². The highest BCUT2D eigenvalue weighted by Crippen LogP contribution is 2.41. The van der Waals surface area contributed by atoms with Crippen LogP contribution in [0.2, 0.25) is 0 Å². The van der Waals surface area contributed by atoms with Crippen molar-refractivity contribution in [1.29, 1.82) is 0 Å². The fourth-order valence-corrected chi connectivity index (χ4v) is 3.11. The first kappa shape index (κ1) is 18.7. The van der Waals surface area contributed by atoms with Crippen LogP contribution in [0, 0.1) is 17.7 Å². The number of hydrogen-bond acceptors (Lipinski definition) is 3. The van der Waals surface area contributed by atoms with Gasteiger partial charge in [0.05, 0.1) is 17.1 Å². The van der Waals surface area contributed by atoms with E-state index in [9.17, 15) is 24.2 Å². The van der Waals surface area contributed by atoms with Crippen LogP contribution in [0.15, 0.2) is 46.8 Å². The Bertz CT molecular complexity index is 718. The summed E-state index contributed by atoms with van der Waals surface area (Å²) in [6.45, 7) is 7.38. The molecule has 25 heavy (non-hydrogen) atoms. The van der Waals surface area contributed by atoms with Crippen LogP contribution >= 0.6 is 0 Å². The number of benzene rings is 1. The molecule has 0 radical (unpaired) electrons. The molecule has 0 fully saturated rings. The summed E-state index contributed by atoms with van der Waals surface area (Å²) in [4.78, 5) is 24.0. The van der Waals surface area contributed by atoms with Gasteiger partial charge in [-0.2, -0.15) is 0 Å². The molecular formula is C19H22FNO4. The van der Waals surface area contributed by atoms with Crippen molar-refractivity contribution in [3.05, 3.63) is 58.2 Å². The van der Waals surface area contributed by atoms with Crippen LogP contribution in [0.1, 0.15) is 39.2 Å². The molecule has 0 unspecified atom stereocenters. The zero-order chi connectivity index (χ0) is 18.9. The van der Waals surface area contributed by atoms with Gasteiger partial charge in [0.1, 0.15) is 5.82 Å². The Labute approximate surface area is 145 Å². The molecule has 1 aliphatic rings. The molecule has 0 bridgehead atoms. The Morgan fingerprint density at radius 3 is 1.64 bits per heavy atom. The molecule has 0 amide bonds. The minimum Gasteiger partial charge on any atom is -0.478 e. The van der Waals surface area contributed by atoms with E-state index in [1.165, 1.54) is 24.3 Å². The molecule has 0 saturated heterocycles. The molecular weight excluding hydrogens is 325 g/mol. The fraction of sp³-hybridized carbons (Fsp3) is 0.368. The third kappa shape index (κ3) is 3.57. The summed E-state index contributed by atoms with van der Waals surface area (Å²) in [5.41, 5.74) is 1.38. The molecule has 0 saturated carbocycles. The summed E-state index contributed by atoms with van der Waals surface area (Å²) in [6, 6.07) is 5.29. The molecule has 3 N–H and O–H groups in total. The van der Waals surface area contributed by atoms with Gasteiger partial charge in [0.2, 0.25) is 0 Å². The van der Waals surface area contributed by atoms with Crippen LogP contribution in [0.4, 0.5) is 4.39 Å². The van der Waals surface area contributed by atoms with Crippen LogP contribution in [-0.2, 0) is 9.59 Å². The van der Waals surface area contributed by atoms with Crippen LogP contribution in [0.25, 0.3) is 0 Å². The second kappa shape index (κ2) is 7.09. The van der Waals surface area contributed by atoms with E-state index in [-0.39, 0.29) is 23.0 Å². The van der Waals surface area contributed by atoms with Gasteiger partial charge in [0.25, 0.3) is 0 Å². The summed E-state index contributed by atoms with van der Waals surface area (Å²) in [5.74, 6) is -4.09. The van der Waals surface area contributed by atoms with Gasteiger partial charge in [-0.25, -0.2) is 14.0 Å². The van der Waals surface area contributed by atoms with E-state index in [2.05, 4.69) is 5.32 Å². The summed E-state index contributed by atoms with van der Waals surface area (Å²) in [5, 5.41) is 22.6. The van der Waals surface area contributed by atoms with Crippen LogP contribution in [0.3, 0.4) is 0 Å². The number of allylic oxidation sites excluding steroid dienone is 2. The Hall–Kier alpha value is -2.63. The van der Waals surface area contributed by atoms with Crippen LogP contribution in [0.5, 0.6) is 0 Å². The number of carboxylic acid groups (broad SMARTS) is 2. The van der Waals surface area contributed by atoms with Gasteiger partial charge in [-0.3, -0.25) is 0 Å². The quantitative estimate of drug-likeness (QED) is 0.759. The Morgan fingerprint density at radius 1 is 0.920 bits per heavy atom. The van der Waals surface area contributed by atoms with Crippen molar-refractivity contribution in [2.24, 2.45) is 11.8 Å². The number of carboxylic acids is 2. The number of dihydropyridines is 1. The van der Waals surface area contributed by atoms with Gasteiger partial charge >= 0.3 is 11.9 Å². The number of hydrogen-bond donors (Lipinski definition) is 3. The predicted molar refractivity (Wildman–Crippen MR) is 91.3 cm³/mol. The lowest BCUT2D eigenvalue weighted by atomic mass is 9.77. The summed E-state index contributed by atoms with van der Waals surface area (Å²) >= 11 is 0. The molecule has 0 atom stereocenters. The molecule has 1 aromatic carbocycles. The van der Waals surface area contributed by atoms with Crippen molar-refractivity contribution in [3.8, 4) is 0 Å². The maximum atomic E-state index is 13.3. The summed E-state index contributed by atoms with van der Waals surface area (Å²) in [6.07, 6.45) is 0. The molecule has 0 aliphatic carbocycles. The normalized spacial score (nSPS) is 15.8. The molecule has 134 valence electrons. The molecule has 1 heterocycles. The van der Waals surface area contributed by atoms with E-state index in [0.717, 1.165) is 0 Å². The minimum absolute atomic E-state index is 0.0107. The molecule has 0 aromatic heterocycles. The Kier molecular flexibility index (Phi) is 5.30. The van der Waals surface area contributed by atoms with E-state index in [1.54, 1.807) is 0 Å². The zero-order valence-corrected chi connectivity index (χ0v) is 14.6. The monoisotopic (exact) mass is 347 g/mol. The highest BCUT2D eigenvalue weighted by Gasteiger charge is 2.39. The largest absolute Gasteiger partial charge is 0.478 e. The smallest absolute Gasteiger partial charge is 0.334 e. The summed E-state index contributed by atoms with van der Waals surface area (Å²) in [7, 11) is 0. The van der Waals surface area contributed by atoms with Crippen molar-refractivity contribution >= 4 is 11.9 Å². The first-order valence-electron chi connectivity index (χ1n) is 8.12. The Balaban J connectivity index is 2.81. The topological polar surface area (TPSA) is 86.6 Å². The van der Waals surface area contributed by atoms with Crippen molar-refractivity contribution in [1.82, 2.24) is 5.32 Å². The highest BCUT2D eigenvalue weighted by atomic mass is 19.1. The summed E-state index contributed by atoms with van der Waals surface area (Å²) < 4.78 is 13.3. The van der Waals surface area contributed by atoms with Gasteiger partial charge in [-0.15, -0.1) is 0 Å². The van der Waals surface area contributed by atoms with E-state index >= 15 is 0 Å². The molecule has 6 heteroatoms. The van der Waals surface area contributed by atoms with E-state index in [4.69, 9.17) is 0 Å². The van der Waals surface area contributed by atoms with E-state index in [1.807, 2.05) is 27.7 Å². The number of rotatable bonds is 5. The zero-order valence-electron chi connectivity index (χ0n) is 14.6. The maximum Gasteiger partial charge on any atom is 0.334 e. The van der Waals surface area contributed by atoms with Crippen LogP contribution in [-0.4, -0.2) is 22.2 Å². The van der Waals surface area contributed by atoms with E-state index in [0.29, 0.717) is 17.0 Å². The fourth-order valence-electron chi connectivity index (χ4n) is 3.11. The first-order valence-corrected chi connectivity index (χ1v) is 8.12. The average Bonchev–Trinajstić information content (AvgIpc) is 2.52. The molecule has 1 aliphatic heterocycles. The standard InChI is InChI=1S/C19H22FNO4/c1-9(2)16-14(18(22)23)13(11-5-7-12(20)8-6-11)15(19(24)25)17(21-16)10(3)4/h5-10,13,21H,1-4H3,(H,22,23)(H,24,25). The number of aliphatic carboxylic acids is 2. The average molecular weight is 347 g/mol. The lowest BCUT2D eigenvalue weighted by Crippen LogP contribution is -2.36. The van der Waals surface area contributed by atoms with E-state index < -0.39 is 23.7 Å². The van der Waals surface area contributed by atoms with Crippen molar-refractivity contribution in [3.63, 3.8) is 0 Å². The number of nitrogens with one attached hydrogen (secondary N) is 1. The lowest BCUT2D eigenvalue weighted by molar-refractivity contribution is -0.133. The first-order chi connectivity index (χ1) is 11.6. The minimum atomic E-state index is -1.19. The van der Waals surface area contributed by atoms with Crippen LogP contribution < -0.4 is 5.32 Å². The third-order valence-electron chi connectivity index (χ3n) is 4.25. The molecule has 5 nitrogen and oxygen atoms in total. The molecule has 1 aromatic rings. The van der Waals surface area contributed by atoms with Crippen molar-refractivity contribution in [2.45, 2.75) is 33.6 Å². The van der Waals surface area contributed by atoms with Gasteiger partial charge in [-0.1, -0.05) is 39.8 Å². The van der Waals surface area contributed by atoms with Crippen molar-refractivity contribution in [2.75, 3.05) is 0 Å². The second-order valence-corrected chi connectivity index (χ2v) is 6.68. The van der Waals surface area contributed by atoms with Gasteiger partial charge in [0.15, 0.2) is 0 Å². The highest BCUT2D eigenvalue weighted by molar-refractivity contribution is 5.98. The maximum absolute atomic E-state index is 13.3. The number of halogens is 1. The Morgan fingerprint density at radius 2 is 1.32 bits per heavy atom. The SMILES string of the molecule is CC(C)C1=C(C(=O)O)C(c2ccc(F)cc2)C(C(=O)O)=C(C(C)C)N1. The molecule has 0 spiro atoms. The lowest BCUT2D eigenvalue weighted by Gasteiger charge is -2.34.